The van der Waals surface area contributed by atoms with Gasteiger partial charge in [0.15, 0.2) is 0 Å². The highest BCUT2D eigenvalue weighted by atomic mass is 19.1. The maximum atomic E-state index is 14.3. The molecular weight excluding hydrogens is 411 g/mol. The standard InChI is InChI=1S/C23H29FN2O2.C2H4O2/c1-17-16-26(22-15-20(27-2)9-10-21(22)24)14-11-23(17)28-19-7-5-18(6-8-19)25-12-3-4-13-25;1-2(3)4/h5-10,15,17,23H,3-4,11-14,16H2,1-2H3;1H3,(H,3,4). The zero-order valence-corrected chi connectivity index (χ0v) is 19.1. The molecule has 0 saturated carbocycles. The molecule has 1 N–H and O–H groups in total. The summed E-state index contributed by atoms with van der Waals surface area (Å²) in [5, 5.41) is 7.42. The van der Waals surface area contributed by atoms with Crippen LogP contribution < -0.4 is 19.3 Å². The minimum Gasteiger partial charge on any atom is -0.497 e. The number of piperidine rings is 1. The molecule has 2 unspecified atom stereocenters. The largest absolute Gasteiger partial charge is 0.497 e. The van der Waals surface area contributed by atoms with Crippen LogP contribution in [0.25, 0.3) is 0 Å². The van der Waals surface area contributed by atoms with Gasteiger partial charge in [-0.05, 0) is 49.2 Å². The number of benzene rings is 2. The van der Waals surface area contributed by atoms with Gasteiger partial charge in [-0.3, -0.25) is 4.79 Å². The number of rotatable bonds is 5. The van der Waals surface area contributed by atoms with Crippen molar-refractivity contribution in [3.63, 3.8) is 0 Å². The van der Waals surface area contributed by atoms with E-state index in [1.54, 1.807) is 19.2 Å². The molecule has 2 saturated heterocycles. The molecule has 7 heteroatoms. The quantitative estimate of drug-likeness (QED) is 0.714. The summed E-state index contributed by atoms with van der Waals surface area (Å²) in [7, 11) is 1.61. The van der Waals surface area contributed by atoms with Crippen LogP contribution in [0.15, 0.2) is 42.5 Å². The monoisotopic (exact) mass is 444 g/mol. The van der Waals surface area contributed by atoms with Gasteiger partial charge in [-0.1, -0.05) is 6.92 Å². The first-order chi connectivity index (χ1) is 15.4. The Kier molecular flexibility index (Phi) is 8.20. The summed E-state index contributed by atoms with van der Waals surface area (Å²) in [6.07, 6.45) is 3.57. The van der Waals surface area contributed by atoms with Crippen LogP contribution >= 0.6 is 0 Å². The van der Waals surface area contributed by atoms with Gasteiger partial charge >= 0.3 is 0 Å². The van der Waals surface area contributed by atoms with E-state index >= 15 is 0 Å². The molecule has 0 amide bonds. The van der Waals surface area contributed by atoms with Crippen LogP contribution in [0.2, 0.25) is 0 Å². The predicted molar refractivity (Wildman–Crippen MR) is 125 cm³/mol. The number of ether oxygens (including phenoxy) is 2. The van der Waals surface area contributed by atoms with Gasteiger partial charge in [0.05, 0.1) is 12.8 Å². The van der Waals surface area contributed by atoms with Crippen molar-refractivity contribution in [2.75, 3.05) is 43.1 Å². The molecule has 2 aliphatic rings. The molecule has 0 aliphatic carbocycles. The Morgan fingerprint density at radius 1 is 1.03 bits per heavy atom. The van der Waals surface area contributed by atoms with Crippen LogP contribution in [0.5, 0.6) is 11.5 Å². The van der Waals surface area contributed by atoms with Crippen LogP contribution in [0, 0.1) is 11.7 Å². The zero-order chi connectivity index (χ0) is 23.1. The normalized spacial score (nSPS) is 20.4. The molecule has 2 fully saturated rings. The summed E-state index contributed by atoms with van der Waals surface area (Å²) in [5.41, 5.74) is 1.89. The van der Waals surface area contributed by atoms with E-state index in [-0.39, 0.29) is 11.9 Å². The Labute approximate surface area is 189 Å². The van der Waals surface area contributed by atoms with Crippen LogP contribution in [0.1, 0.15) is 33.1 Å². The highest BCUT2D eigenvalue weighted by molar-refractivity contribution is 5.63. The third-order valence-electron chi connectivity index (χ3n) is 5.92. The average Bonchev–Trinajstić information content (AvgIpc) is 3.31. The number of hydrogen-bond acceptors (Lipinski definition) is 5. The molecule has 32 heavy (non-hydrogen) atoms. The highest BCUT2D eigenvalue weighted by Crippen LogP contribution is 2.31. The van der Waals surface area contributed by atoms with Crippen LogP contribution in [-0.2, 0) is 4.79 Å². The molecule has 0 spiro atoms. The molecular formula is C25H33FN2O4. The molecule has 0 radical (unpaired) electrons. The fourth-order valence-corrected chi connectivity index (χ4v) is 4.27. The summed E-state index contributed by atoms with van der Waals surface area (Å²) in [6, 6.07) is 13.4. The maximum absolute atomic E-state index is 14.3. The van der Waals surface area contributed by atoms with Crippen LogP contribution in [0.4, 0.5) is 15.8 Å². The molecule has 0 aromatic heterocycles. The Balaban J connectivity index is 0.000000668. The van der Waals surface area contributed by atoms with Crippen molar-refractivity contribution >= 4 is 17.3 Å². The lowest BCUT2D eigenvalue weighted by Crippen LogP contribution is -2.44. The van der Waals surface area contributed by atoms with E-state index in [0.29, 0.717) is 17.4 Å². The Bertz CT molecular complexity index is 880. The van der Waals surface area contributed by atoms with Gasteiger partial charge in [0.2, 0.25) is 0 Å². The minimum atomic E-state index is -0.833. The first-order valence-electron chi connectivity index (χ1n) is 11.2. The molecule has 174 valence electrons. The number of anilines is 2. The first kappa shape index (κ1) is 23.7. The lowest BCUT2D eigenvalue weighted by Gasteiger charge is -2.38. The SMILES string of the molecule is CC(=O)O.COc1ccc(F)c(N2CCC(Oc3ccc(N4CCCC4)cc3)C(C)C2)c1. The highest BCUT2D eigenvalue weighted by Gasteiger charge is 2.29. The maximum Gasteiger partial charge on any atom is 0.300 e. The number of carbonyl (C=O) groups is 1. The lowest BCUT2D eigenvalue weighted by molar-refractivity contribution is -0.134. The van der Waals surface area contributed by atoms with Gasteiger partial charge < -0.3 is 24.4 Å². The summed E-state index contributed by atoms with van der Waals surface area (Å²) < 4.78 is 25.8. The number of aliphatic carboxylic acids is 1. The molecule has 2 aliphatic heterocycles. The molecule has 6 nitrogen and oxygen atoms in total. The minimum absolute atomic E-state index is 0.141. The van der Waals surface area contributed by atoms with Crippen LogP contribution in [0.3, 0.4) is 0 Å². The van der Waals surface area contributed by atoms with E-state index in [9.17, 15) is 4.39 Å². The summed E-state index contributed by atoms with van der Waals surface area (Å²) in [6.45, 7) is 7.09. The second-order valence-electron chi connectivity index (χ2n) is 8.39. The fraction of sp³-hybridized carbons (Fsp3) is 0.480. The number of carboxylic acids is 1. The first-order valence-corrected chi connectivity index (χ1v) is 11.2. The number of nitrogens with zero attached hydrogens (tertiary/aromatic N) is 2. The molecule has 0 bridgehead atoms. The van der Waals surface area contributed by atoms with E-state index in [4.69, 9.17) is 19.4 Å². The van der Waals surface area contributed by atoms with Gasteiger partial charge in [-0.15, -0.1) is 0 Å². The van der Waals surface area contributed by atoms with Crippen LogP contribution in [-0.4, -0.2) is 50.5 Å². The third kappa shape index (κ3) is 6.28. The van der Waals surface area contributed by atoms with Crippen molar-refractivity contribution in [1.82, 2.24) is 0 Å². The third-order valence-corrected chi connectivity index (χ3v) is 5.92. The van der Waals surface area contributed by atoms with Crippen molar-refractivity contribution in [1.29, 1.82) is 0 Å². The number of carboxylic acid groups (broad SMARTS) is 1. The topological polar surface area (TPSA) is 62.2 Å². The number of methoxy groups -OCH3 is 1. The average molecular weight is 445 g/mol. The molecule has 4 rings (SSSR count). The van der Waals surface area contributed by atoms with Gasteiger partial charge in [0.1, 0.15) is 23.4 Å². The number of halogens is 1. The van der Waals surface area contributed by atoms with Gasteiger partial charge in [-0.25, -0.2) is 4.39 Å². The molecule has 2 aromatic rings. The van der Waals surface area contributed by atoms with E-state index in [2.05, 4.69) is 41.0 Å². The fourth-order valence-electron chi connectivity index (χ4n) is 4.27. The Morgan fingerprint density at radius 2 is 1.66 bits per heavy atom. The van der Waals surface area contributed by atoms with Gasteiger partial charge in [-0.2, -0.15) is 0 Å². The summed E-state index contributed by atoms with van der Waals surface area (Å²) in [5.74, 6) is 0.865. The summed E-state index contributed by atoms with van der Waals surface area (Å²) >= 11 is 0. The van der Waals surface area contributed by atoms with Crippen molar-refractivity contribution < 1.29 is 23.8 Å². The lowest BCUT2D eigenvalue weighted by atomic mass is 9.95. The van der Waals surface area contributed by atoms with Crippen molar-refractivity contribution in [3.8, 4) is 11.5 Å². The van der Waals surface area contributed by atoms with Gasteiger partial charge in [0, 0.05) is 57.2 Å². The van der Waals surface area contributed by atoms with Crippen molar-refractivity contribution in [2.45, 2.75) is 39.2 Å². The smallest absolute Gasteiger partial charge is 0.300 e. The Morgan fingerprint density at radius 3 is 2.25 bits per heavy atom. The van der Waals surface area contributed by atoms with E-state index in [1.165, 1.54) is 24.6 Å². The summed E-state index contributed by atoms with van der Waals surface area (Å²) in [4.78, 5) is 13.5. The predicted octanol–water partition coefficient (Wildman–Crippen LogP) is 4.82. The molecule has 2 aromatic carbocycles. The Hall–Kier alpha value is -2.96. The number of hydrogen-bond donors (Lipinski definition) is 1. The van der Waals surface area contributed by atoms with Gasteiger partial charge in [0.25, 0.3) is 5.97 Å². The van der Waals surface area contributed by atoms with E-state index in [0.717, 1.165) is 45.3 Å². The van der Waals surface area contributed by atoms with E-state index in [1.807, 2.05) is 0 Å². The second kappa shape index (κ2) is 11.1. The van der Waals surface area contributed by atoms with Crippen molar-refractivity contribution in [2.24, 2.45) is 5.92 Å². The second-order valence-corrected chi connectivity index (χ2v) is 8.39. The van der Waals surface area contributed by atoms with E-state index < -0.39 is 5.97 Å². The zero-order valence-electron chi connectivity index (χ0n) is 19.1. The molecule has 2 heterocycles. The molecule has 2 atom stereocenters. The van der Waals surface area contributed by atoms with Crippen molar-refractivity contribution in [3.05, 3.63) is 48.3 Å².